The molecular weight excluding hydrogens is 564 g/mol. The van der Waals surface area contributed by atoms with E-state index in [1.165, 1.54) is 41.7 Å². The van der Waals surface area contributed by atoms with Gasteiger partial charge in [-0.25, -0.2) is 13.6 Å². The molecule has 0 bridgehead atoms. The molecule has 3 heterocycles. The van der Waals surface area contributed by atoms with E-state index >= 15 is 0 Å². The summed E-state index contributed by atoms with van der Waals surface area (Å²) in [7, 11) is 1.66. The summed E-state index contributed by atoms with van der Waals surface area (Å²) < 4.78 is 40.4. The summed E-state index contributed by atoms with van der Waals surface area (Å²) in [5.41, 5.74) is 2.27. The summed E-state index contributed by atoms with van der Waals surface area (Å²) in [6, 6.07) is 15.6. The zero-order valence-corrected chi connectivity index (χ0v) is 23.1. The van der Waals surface area contributed by atoms with Crippen molar-refractivity contribution >= 4 is 39.2 Å². The van der Waals surface area contributed by atoms with E-state index in [-0.39, 0.29) is 17.0 Å². The van der Waals surface area contributed by atoms with Gasteiger partial charge in [0.15, 0.2) is 11.6 Å². The molecule has 3 N–H and O–H groups in total. The minimum atomic E-state index is -0.942. The Bertz CT molecular complexity index is 1730. The van der Waals surface area contributed by atoms with Crippen LogP contribution in [-0.2, 0) is 11.3 Å². The molecular formula is C30H25F2N5O4S. The van der Waals surface area contributed by atoms with Crippen molar-refractivity contribution in [2.24, 2.45) is 0 Å². The van der Waals surface area contributed by atoms with Crippen molar-refractivity contribution in [1.82, 2.24) is 20.6 Å². The number of amides is 3. The number of nitrogens with zero attached hydrogens (tertiary/aromatic N) is 2. The van der Waals surface area contributed by atoms with Crippen molar-refractivity contribution in [2.45, 2.75) is 6.54 Å². The lowest BCUT2D eigenvalue weighted by molar-refractivity contribution is 0.0963. The lowest BCUT2D eigenvalue weighted by atomic mass is 10.2. The van der Waals surface area contributed by atoms with Gasteiger partial charge in [-0.1, -0.05) is 18.2 Å². The summed E-state index contributed by atoms with van der Waals surface area (Å²) in [5.74, 6) is -2.11. The Morgan fingerprint density at radius 2 is 1.81 bits per heavy atom. The van der Waals surface area contributed by atoms with E-state index in [9.17, 15) is 18.4 Å². The van der Waals surface area contributed by atoms with Crippen molar-refractivity contribution < 1.29 is 27.8 Å². The number of thiophene rings is 1. The molecule has 0 aliphatic heterocycles. The largest absolute Gasteiger partial charge is 0.453 e. The van der Waals surface area contributed by atoms with Gasteiger partial charge in [0.2, 0.25) is 0 Å². The fourth-order valence-corrected chi connectivity index (χ4v) is 5.00. The van der Waals surface area contributed by atoms with Gasteiger partial charge in [-0.05, 0) is 42.0 Å². The number of halogens is 2. The van der Waals surface area contributed by atoms with Gasteiger partial charge in [-0.2, -0.15) is 0 Å². The van der Waals surface area contributed by atoms with Gasteiger partial charge in [-0.3, -0.25) is 20.1 Å². The van der Waals surface area contributed by atoms with E-state index in [1.54, 1.807) is 19.4 Å². The van der Waals surface area contributed by atoms with Crippen molar-refractivity contribution in [3.05, 3.63) is 102 Å². The normalized spacial score (nSPS) is 10.9. The van der Waals surface area contributed by atoms with Gasteiger partial charge in [0.25, 0.3) is 5.91 Å². The van der Waals surface area contributed by atoms with Crippen LogP contribution in [0.3, 0.4) is 0 Å². The van der Waals surface area contributed by atoms with Gasteiger partial charge in [0, 0.05) is 50.4 Å². The molecule has 5 rings (SSSR count). The van der Waals surface area contributed by atoms with Crippen LogP contribution in [0.5, 0.6) is 11.5 Å². The Balaban J connectivity index is 1.25. The molecule has 0 aliphatic carbocycles. The van der Waals surface area contributed by atoms with Crippen molar-refractivity contribution in [3.8, 4) is 22.1 Å². The van der Waals surface area contributed by atoms with E-state index < -0.39 is 23.6 Å². The Kier molecular flexibility index (Phi) is 9.07. The molecule has 0 atom stereocenters. The predicted molar refractivity (Wildman–Crippen MR) is 156 cm³/mol. The molecule has 0 spiro atoms. The second-order valence-electron chi connectivity index (χ2n) is 8.99. The van der Waals surface area contributed by atoms with Crippen LogP contribution in [0.1, 0.15) is 15.9 Å². The van der Waals surface area contributed by atoms with E-state index in [2.05, 4.69) is 20.6 Å². The predicted octanol–water partition coefficient (Wildman–Crippen LogP) is 6.13. The Labute approximate surface area is 243 Å². The third-order valence-corrected chi connectivity index (χ3v) is 7.18. The standard InChI is InChI=1S/C30H25F2N5O4S/c1-40-13-12-33-16-18-6-8-23(35-17-18)27-15-24-28(42-27)26(10-11-34-24)41-25-9-7-19(14-22(25)32)36-30(39)37-29(38)20-4-2-3-5-21(20)31/h2-11,14-15,17,33H,12-13,16H2,1H3,(H2,36,37,38,39). The molecule has 42 heavy (non-hydrogen) atoms. The number of carbonyl (C=O) groups is 2. The number of imide groups is 1. The topological polar surface area (TPSA) is 114 Å². The smallest absolute Gasteiger partial charge is 0.326 e. The number of carbonyl (C=O) groups excluding carboxylic acids is 2. The van der Waals surface area contributed by atoms with Crippen molar-refractivity contribution in [2.75, 3.05) is 25.6 Å². The monoisotopic (exact) mass is 589 g/mol. The van der Waals surface area contributed by atoms with E-state index in [4.69, 9.17) is 9.47 Å². The highest BCUT2D eigenvalue weighted by Crippen LogP contribution is 2.39. The first kappa shape index (κ1) is 28.7. The van der Waals surface area contributed by atoms with Crippen LogP contribution >= 0.6 is 11.3 Å². The van der Waals surface area contributed by atoms with Gasteiger partial charge >= 0.3 is 6.03 Å². The Morgan fingerprint density at radius 1 is 0.952 bits per heavy atom. The second kappa shape index (κ2) is 13.3. The Morgan fingerprint density at radius 3 is 2.57 bits per heavy atom. The van der Waals surface area contributed by atoms with Crippen LogP contribution in [0, 0.1) is 11.6 Å². The minimum Gasteiger partial charge on any atom is -0.453 e. The lowest BCUT2D eigenvalue weighted by Gasteiger charge is -2.10. The number of benzene rings is 2. The van der Waals surface area contributed by atoms with Crippen LogP contribution in [-0.4, -0.2) is 42.2 Å². The molecule has 9 nitrogen and oxygen atoms in total. The SMILES string of the molecule is COCCNCc1ccc(-c2cc3nccc(Oc4ccc(NC(=O)NC(=O)c5ccccc5F)cc4F)c3s2)nc1. The number of aromatic nitrogens is 2. The number of ether oxygens (including phenoxy) is 2. The van der Waals surface area contributed by atoms with E-state index in [0.29, 0.717) is 29.1 Å². The number of fused-ring (bicyclic) bond motifs is 1. The molecule has 12 heteroatoms. The number of hydrogen-bond donors (Lipinski definition) is 3. The van der Waals surface area contributed by atoms with Crippen molar-refractivity contribution in [3.63, 3.8) is 0 Å². The molecule has 2 aromatic carbocycles. The first-order chi connectivity index (χ1) is 20.4. The molecule has 214 valence electrons. The van der Waals surface area contributed by atoms with Gasteiger partial charge < -0.3 is 20.1 Å². The number of anilines is 1. The van der Waals surface area contributed by atoms with Gasteiger partial charge in [-0.15, -0.1) is 11.3 Å². The van der Waals surface area contributed by atoms with Crippen LogP contribution in [0.2, 0.25) is 0 Å². The number of pyridine rings is 2. The molecule has 0 aliphatic rings. The fraction of sp³-hybridized carbons (Fsp3) is 0.133. The molecule has 0 unspecified atom stereocenters. The van der Waals surface area contributed by atoms with Crippen LogP contribution in [0.4, 0.5) is 19.3 Å². The number of rotatable bonds is 10. The summed E-state index contributed by atoms with van der Waals surface area (Å²) in [6.07, 6.45) is 3.38. The summed E-state index contributed by atoms with van der Waals surface area (Å²) in [4.78, 5) is 34.2. The summed E-state index contributed by atoms with van der Waals surface area (Å²) >= 11 is 1.42. The third kappa shape index (κ3) is 6.92. The van der Waals surface area contributed by atoms with E-state index in [1.807, 2.05) is 29.7 Å². The highest BCUT2D eigenvalue weighted by molar-refractivity contribution is 7.22. The van der Waals surface area contributed by atoms with E-state index in [0.717, 1.165) is 34.8 Å². The maximum Gasteiger partial charge on any atom is 0.326 e. The first-order valence-electron chi connectivity index (χ1n) is 12.8. The number of hydrogen-bond acceptors (Lipinski definition) is 8. The van der Waals surface area contributed by atoms with Crippen LogP contribution < -0.4 is 20.7 Å². The highest BCUT2D eigenvalue weighted by atomic mass is 32.1. The number of nitrogens with one attached hydrogen (secondary N) is 3. The molecule has 0 saturated carbocycles. The highest BCUT2D eigenvalue weighted by Gasteiger charge is 2.16. The zero-order chi connectivity index (χ0) is 29.5. The number of urea groups is 1. The lowest BCUT2D eigenvalue weighted by Crippen LogP contribution is -2.34. The summed E-state index contributed by atoms with van der Waals surface area (Å²) in [6.45, 7) is 2.06. The van der Waals surface area contributed by atoms with Gasteiger partial charge in [0.05, 0.1) is 33.0 Å². The Hall–Kier alpha value is -4.78. The zero-order valence-electron chi connectivity index (χ0n) is 22.3. The molecule has 0 saturated heterocycles. The average molecular weight is 590 g/mol. The minimum absolute atomic E-state index is 0.0698. The third-order valence-electron chi connectivity index (χ3n) is 6.02. The van der Waals surface area contributed by atoms with Crippen molar-refractivity contribution in [1.29, 1.82) is 0 Å². The van der Waals surface area contributed by atoms with Gasteiger partial charge in [0.1, 0.15) is 11.6 Å². The summed E-state index contributed by atoms with van der Waals surface area (Å²) in [5, 5.41) is 7.64. The van der Waals surface area contributed by atoms with Crippen LogP contribution in [0.15, 0.2) is 79.1 Å². The average Bonchev–Trinajstić information content (AvgIpc) is 3.43. The molecule has 0 fully saturated rings. The second-order valence-corrected chi connectivity index (χ2v) is 10.0. The molecule has 3 aromatic heterocycles. The maximum atomic E-state index is 15.0. The molecule has 5 aromatic rings. The molecule has 3 amide bonds. The maximum absolute atomic E-state index is 15.0. The molecule has 0 radical (unpaired) electrons. The quantitative estimate of drug-likeness (QED) is 0.168. The first-order valence-corrected chi connectivity index (χ1v) is 13.6. The number of methoxy groups -OCH3 is 1. The van der Waals surface area contributed by atoms with Crippen LogP contribution in [0.25, 0.3) is 20.8 Å². The fourth-order valence-electron chi connectivity index (χ4n) is 3.96.